The predicted molar refractivity (Wildman–Crippen MR) is 81.5 cm³/mol. The van der Waals surface area contributed by atoms with Crippen LogP contribution in [0.25, 0.3) is 0 Å². The first-order valence-electron chi connectivity index (χ1n) is 7.84. The number of ether oxygens (including phenoxy) is 3. The molecule has 6 nitrogen and oxygen atoms in total. The van der Waals surface area contributed by atoms with Crippen LogP contribution in [0.1, 0.15) is 40.0 Å². The van der Waals surface area contributed by atoms with Crippen LogP contribution in [0.3, 0.4) is 0 Å². The minimum absolute atomic E-state index is 0.350. The van der Waals surface area contributed by atoms with Crippen LogP contribution in [0.5, 0.6) is 0 Å². The van der Waals surface area contributed by atoms with Crippen molar-refractivity contribution in [3.05, 3.63) is 0 Å². The molecule has 1 unspecified atom stereocenters. The Morgan fingerprint density at radius 3 is 2.76 bits per heavy atom. The topological polar surface area (TPSA) is 68.8 Å². The molecule has 1 aliphatic heterocycles. The SMILES string of the molecule is CC(C)(C)OC(=O)NCCOCCOC1CCCNCC1. The molecule has 1 fully saturated rings. The van der Waals surface area contributed by atoms with E-state index in [9.17, 15) is 4.79 Å². The molecule has 1 saturated heterocycles. The second-order valence-corrected chi connectivity index (χ2v) is 6.21. The predicted octanol–water partition coefficient (Wildman–Crippen LogP) is 1.69. The van der Waals surface area contributed by atoms with Gasteiger partial charge in [-0.05, 0) is 53.1 Å². The van der Waals surface area contributed by atoms with Crippen LogP contribution >= 0.6 is 0 Å². The number of hydrogen-bond acceptors (Lipinski definition) is 5. The van der Waals surface area contributed by atoms with Crippen molar-refractivity contribution in [2.45, 2.75) is 51.7 Å². The molecule has 0 radical (unpaired) electrons. The maximum absolute atomic E-state index is 11.4. The smallest absolute Gasteiger partial charge is 0.407 e. The molecule has 2 N–H and O–H groups in total. The van der Waals surface area contributed by atoms with Gasteiger partial charge in [0.2, 0.25) is 0 Å². The molecule has 0 saturated carbocycles. The Morgan fingerprint density at radius 1 is 1.19 bits per heavy atom. The molecule has 0 aliphatic carbocycles. The summed E-state index contributed by atoms with van der Waals surface area (Å²) in [5.74, 6) is 0. The molecule has 0 spiro atoms. The number of carbonyl (C=O) groups is 1. The molecule has 1 amide bonds. The van der Waals surface area contributed by atoms with Crippen molar-refractivity contribution in [1.82, 2.24) is 10.6 Å². The zero-order chi connectivity index (χ0) is 15.6. The third-order valence-corrected chi connectivity index (χ3v) is 3.02. The first-order chi connectivity index (χ1) is 9.97. The Labute approximate surface area is 127 Å². The van der Waals surface area contributed by atoms with Crippen molar-refractivity contribution in [1.29, 1.82) is 0 Å². The van der Waals surface area contributed by atoms with Crippen LogP contribution < -0.4 is 10.6 Å². The summed E-state index contributed by atoms with van der Waals surface area (Å²) in [7, 11) is 0. The molecule has 0 bridgehead atoms. The van der Waals surface area contributed by atoms with E-state index in [1.54, 1.807) is 0 Å². The average molecular weight is 302 g/mol. The first kappa shape index (κ1) is 18.2. The molecule has 1 heterocycles. The second kappa shape index (κ2) is 9.97. The highest BCUT2D eigenvalue weighted by molar-refractivity contribution is 5.67. The normalized spacial score (nSPS) is 19.9. The molecule has 1 aliphatic rings. The van der Waals surface area contributed by atoms with Crippen molar-refractivity contribution < 1.29 is 19.0 Å². The molecule has 0 aromatic rings. The van der Waals surface area contributed by atoms with Crippen LogP contribution in [0, 0.1) is 0 Å². The largest absolute Gasteiger partial charge is 0.444 e. The highest BCUT2D eigenvalue weighted by atomic mass is 16.6. The minimum Gasteiger partial charge on any atom is -0.444 e. The van der Waals surface area contributed by atoms with E-state index < -0.39 is 11.7 Å². The summed E-state index contributed by atoms with van der Waals surface area (Å²) in [5.41, 5.74) is -0.466. The van der Waals surface area contributed by atoms with Crippen LogP contribution in [0.2, 0.25) is 0 Å². The molecule has 0 aromatic carbocycles. The Morgan fingerprint density at radius 2 is 2.00 bits per heavy atom. The van der Waals surface area contributed by atoms with E-state index in [1.165, 1.54) is 6.42 Å². The van der Waals surface area contributed by atoms with E-state index in [1.807, 2.05) is 20.8 Å². The Hall–Kier alpha value is -0.850. The van der Waals surface area contributed by atoms with Gasteiger partial charge in [0, 0.05) is 6.54 Å². The minimum atomic E-state index is -0.466. The van der Waals surface area contributed by atoms with Crippen LogP contribution in [-0.2, 0) is 14.2 Å². The molecule has 21 heavy (non-hydrogen) atoms. The second-order valence-electron chi connectivity index (χ2n) is 6.21. The summed E-state index contributed by atoms with van der Waals surface area (Å²) in [5, 5.41) is 6.01. The Balaban J connectivity index is 1.91. The van der Waals surface area contributed by atoms with Crippen molar-refractivity contribution in [2.75, 3.05) is 39.5 Å². The van der Waals surface area contributed by atoms with Crippen molar-refractivity contribution in [2.24, 2.45) is 0 Å². The Bertz CT molecular complexity index is 284. The standard InChI is InChI=1S/C15H30N2O4/c1-15(2,3)21-14(18)17-9-10-19-11-12-20-13-5-4-7-16-8-6-13/h13,16H,4-12H2,1-3H3,(H,17,18). The third-order valence-electron chi connectivity index (χ3n) is 3.02. The fraction of sp³-hybridized carbons (Fsp3) is 0.933. The summed E-state index contributed by atoms with van der Waals surface area (Å²) in [6.07, 6.45) is 3.30. The summed E-state index contributed by atoms with van der Waals surface area (Å²) in [6.45, 7) is 9.71. The number of amides is 1. The van der Waals surface area contributed by atoms with Crippen molar-refractivity contribution in [3.63, 3.8) is 0 Å². The number of alkyl carbamates (subject to hydrolysis) is 1. The number of nitrogens with one attached hydrogen (secondary N) is 2. The molecule has 6 heteroatoms. The number of carbonyl (C=O) groups excluding carboxylic acids is 1. The summed E-state index contributed by atoms with van der Waals surface area (Å²) < 4.78 is 16.3. The maximum Gasteiger partial charge on any atom is 0.407 e. The van der Waals surface area contributed by atoms with E-state index in [4.69, 9.17) is 14.2 Å². The van der Waals surface area contributed by atoms with E-state index in [0.29, 0.717) is 32.5 Å². The van der Waals surface area contributed by atoms with Gasteiger partial charge in [-0.3, -0.25) is 0 Å². The van der Waals surface area contributed by atoms with Gasteiger partial charge in [0.15, 0.2) is 0 Å². The molecule has 1 atom stereocenters. The highest BCUT2D eigenvalue weighted by Crippen LogP contribution is 2.09. The quantitative estimate of drug-likeness (QED) is 0.700. The van der Waals surface area contributed by atoms with E-state index >= 15 is 0 Å². The van der Waals surface area contributed by atoms with Gasteiger partial charge in [-0.15, -0.1) is 0 Å². The lowest BCUT2D eigenvalue weighted by Gasteiger charge is -2.19. The van der Waals surface area contributed by atoms with Crippen LogP contribution in [0.4, 0.5) is 4.79 Å². The third kappa shape index (κ3) is 10.5. The van der Waals surface area contributed by atoms with Gasteiger partial charge in [-0.1, -0.05) is 0 Å². The molecular formula is C15H30N2O4. The van der Waals surface area contributed by atoms with Gasteiger partial charge in [0.25, 0.3) is 0 Å². The number of rotatable bonds is 7. The van der Waals surface area contributed by atoms with Crippen molar-refractivity contribution >= 4 is 6.09 Å². The summed E-state index contributed by atoms with van der Waals surface area (Å²) >= 11 is 0. The van der Waals surface area contributed by atoms with E-state index in [2.05, 4.69) is 10.6 Å². The lowest BCUT2D eigenvalue weighted by atomic mass is 10.2. The fourth-order valence-corrected chi connectivity index (χ4v) is 2.07. The Kier molecular flexibility index (Phi) is 8.64. The van der Waals surface area contributed by atoms with E-state index in [0.717, 1.165) is 25.9 Å². The molecular weight excluding hydrogens is 272 g/mol. The van der Waals surface area contributed by atoms with Gasteiger partial charge < -0.3 is 24.8 Å². The lowest BCUT2D eigenvalue weighted by molar-refractivity contribution is 0.000221. The average Bonchev–Trinajstić information content (AvgIpc) is 2.64. The molecule has 1 rings (SSSR count). The highest BCUT2D eigenvalue weighted by Gasteiger charge is 2.15. The lowest BCUT2D eigenvalue weighted by Crippen LogP contribution is -2.34. The zero-order valence-corrected chi connectivity index (χ0v) is 13.6. The molecule has 124 valence electrons. The van der Waals surface area contributed by atoms with Crippen molar-refractivity contribution in [3.8, 4) is 0 Å². The maximum atomic E-state index is 11.4. The van der Waals surface area contributed by atoms with Gasteiger partial charge in [0.05, 0.1) is 25.9 Å². The van der Waals surface area contributed by atoms with Gasteiger partial charge >= 0.3 is 6.09 Å². The zero-order valence-electron chi connectivity index (χ0n) is 13.6. The van der Waals surface area contributed by atoms with Gasteiger partial charge in [-0.25, -0.2) is 4.79 Å². The molecule has 0 aromatic heterocycles. The summed E-state index contributed by atoms with van der Waals surface area (Å²) in [4.78, 5) is 11.4. The van der Waals surface area contributed by atoms with Gasteiger partial charge in [-0.2, -0.15) is 0 Å². The van der Waals surface area contributed by atoms with Gasteiger partial charge in [0.1, 0.15) is 5.60 Å². The van der Waals surface area contributed by atoms with Crippen LogP contribution in [0.15, 0.2) is 0 Å². The summed E-state index contributed by atoms with van der Waals surface area (Å²) in [6, 6.07) is 0. The fourth-order valence-electron chi connectivity index (χ4n) is 2.07. The first-order valence-corrected chi connectivity index (χ1v) is 7.84. The number of hydrogen-bond donors (Lipinski definition) is 2. The monoisotopic (exact) mass is 302 g/mol. The van der Waals surface area contributed by atoms with E-state index in [-0.39, 0.29) is 0 Å². The van der Waals surface area contributed by atoms with Crippen LogP contribution in [-0.4, -0.2) is 57.3 Å².